The van der Waals surface area contributed by atoms with E-state index in [0.29, 0.717) is 0 Å². The van der Waals surface area contributed by atoms with E-state index >= 15 is 0 Å². The molecule has 1 fully saturated rings. The van der Waals surface area contributed by atoms with Crippen LogP contribution < -0.4 is 5.32 Å². The van der Waals surface area contributed by atoms with Crippen LogP contribution in [0.25, 0.3) is 0 Å². The molecule has 0 radical (unpaired) electrons. The van der Waals surface area contributed by atoms with E-state index in [0.717, 1.165) is 18.9 Å². The standard InChI is InChI=1S/C12H18N2/c1-2-10-5-6-12(14-9-10)8-11-4-3-7-13-11/h5-6,9,11,13H,2-4,7-8H2,1H3/p+1/t11-/m1/s1. The molecule has 1 aliphatic heterocycles. The lowest BCUT2D eigenvalue weighted by molar-refractivity contribution is -0.669. The van der Waals surface area contributed by atoms with Gasteiger partial charge in [-0.05, 0) is 18.1 Å². The zero-order chi connectivity index (χ0) is 9.80. The fourth-order valence-electron chi connectivity index (χ4n) is 2.09. The van der Waals surface area contributed by atoms with Gasteiger partial charge in [-0.3, -0.25) is 4.98 Å². The number of hydrogen-bond acceptors (Lipinski definition) is 1. The first-order valence-electron chi connectivity index (χ1n) is 5.65. The number of aromatic nitrogens is 1. The molecule has 1 aromatic heterocycles. The molecule has 2 rings (SSSR count). The molecule has 0 aliphatic carbocycles. The molecule has 0 aromatic carbocycles. The molecule has 0 saturated carbocycles. The second-order valence-corrected chi connectivity index (χ2v) is 4.14. The fraction of sp³-hybridized carbons (Fsp3) is 0.583. The Morgan fingerprint density at radius 3 is 3.00 bits per heavy atom. The van der Waals surface area contributed by atoms with Crippen molar-refractivity contribution < 1.29 is 5.32 Å². The van der Waals surface area contributed by atoms with Crippen LogP contribution in [-0.2, 0) is 12.8 Å². The Bertz CT molecular complexity index is 273. The SMILES string of the molecule is CCc1ccc(C[C@H]2CCC[NH2+]2)nc1. The summed E-state index contributed by atoms with van der Waals surface area (Å²) < 4.78 is 0. The second kappa shape index (κ2) is 4.56. The number of quaternary nitrogens is 1. The molecular weight excluding hydrogens is 172 g/mol. The highest BCUT2D eigenvalue weighted by molar-refractivity contribution is 5.14. The van der Waals surface area contributed by atoms with Gasteiger partial charge in [0.1, 0.15) is 0 Å². The van der Waals surface area contributed by atoms with E-state index in [4.69, 9.17) is 0 Å². The van der Waals surface area contributed by atoms with Crippen LogP contribution in [-0.4, -0.2) is 17.6 Å². The normalized spacial score (nSPS) is 21.4. The van der Waals surface area contributed by atoms with Gasteiger partial charge in [-0.1, -0.05) is 13.0 Å². The van der Waals surface area contributed by atoms with Crippen molar-refractivity contribution in [1.29, 1.82) is 0 Å². The van der Waals surface area contributed by atoms with Crippen molar-refractivity contribution in [1.82, 2.24) is 4.98 Å². The minimum atomic E-state index is 0.787. The van der Waals surface area contributed by atoms with Crippen LogP contribution in [0.5, 0.6) is 0 Å². The number of aryl methyl sites for hydroxylation is 1. The van der Waals surface area contributed by atoms with Gasteiger partial charge in [0.25, 0.3) is 0 Å². The summed E-state index contributed by atoms with van der Waals surface area (Å²) in [6.45, 7) is 3.47. The molecule has 0 spiro atoms. The van der Waals surface area contributed by atoms with E-state index in [9.17, 15) is 0 Å². The highest BCUT2D eigenvalue weighted by Gasteiger charge is 2.18. The largest absolute Gasteiger partial charge is 0.343 e. The summed E-state index contributed by atoms with van der Waals surface area (Å²) in [5, 5.41) is 2.45. The predicted octanol–water partition coefficient (Wildman–Crippen LogP) is 0.912. The topological polar surface area (TPSA) is 29.5 Å². The fourth-order valence-corrected chi connectivity index (χ4v) is 2.09. The van der Waals surface area contributed by atoms with Crippen LogP contribution >= 0.6 is 0 Å². The smallest absolute Gasteiger partial charge is 0.0917 e. The lowest BCUT2D eigenvalue weighted by Crippen LogP contribution is -2.87. The van der Waals surface area contributed by atoms with Crippen LogP contribution in [0.15, 0.2) is 18.3 Å². The molecular formula is C12H19N2+. The van der Waals surface area contributed by atoms with Crippen molar-refractivity contribution in [2.45, 2.75) is 38.6 Å². The lowest BCUT2D eigenvalue weighted by Gasteiger charge is -2.06. The Hall–Kier alpha value is -0.890. The molecule has 14 heavy (non-hydrogen) atoms. The van der Waals surface area contributed by atoms with Crippen molar-refractivity contribution in [2.24, 2.45) is 0 Å². The number of hydrogen-bond donors (Lipinski definition) is 1. The first kappa shape index (κ1) is 9.66. The van der Waals surface area contributed by atoms with Gasteiger partial charge in [0.2, 0.25) is 0 Å². The van der Waals surface area contributed by atoms with E-state index in [2.05, 4.69) is 29.4 Å². The quantitative estimate of drug-likeness (QED) is 0.756. The van der Waals surface area contributed by atoms with Crippen LogP contribution in [0.4, 0.5) is 0 Å². The summed E-state index contributed by atoms with van der Waals surface area (Å²) in [4.78, 5) is 4.49. The van der Waals surface area contributed by atoms with Gasteiger partial charge in [-0.15, -0.1) is 0 Å². The Kier molecular flexibility index (Phi) is 3.14. The predicted molar refractivity (Wildman–Crippen MR) is 57.1 cm³/mol. The van der Waals surface area contributed by atoms with Crippen molar-refractivity contribution in [3.63, 3.8) is 0 Å². The maximum absolute atomic E-state index is 4.49. The highest BCUT2D eigenvalue weighted by atomic mass is 14.9. The maximum atomic E-state index is 4.49. The number of nitrogens with two attached hydrogens (primary N) is 1. The van der Waals surface area contributed by atoms with Crippen LogP contribution in [0, 0.1) is 0 Å². The summed E-state index contributed by atoms with van der Waals surface area (Å²) in [5.74, 6) is 0. The average Bonchev–Trinajstić information content (AvgIpc) is 2.72. The third-order valence-electron chi connectivity index (χ3n) is 3.04. The van der Waals surface area contributed by atoms with E-state index < -0.39 is 0 Å². The molecule has 76 valence electrons. The number of rotatable bonds is 3. The van der Waals surface area contributed by atoms with Gasteiger partial charge in [-0.25, -0.2) is 0 Å². The monoisotopic (exact) mass is 191 g/mol. The first-order chi connectivity index (χ1) is 6.88. The molecule has 1 aromatic rings. The molecule has 2 heterocycles. The Morgan fingerprint density at radius 1 is 1.50 bits per heavy atom. The van der Waals surface area contributed by atoms with Gasteiger partial charge >= 0.3 is 0 Å². The third-order valence-corrected chi connectivity index (χ3v) is 3.04. The first-order valence-corrected chi connectivity index (χ1v) is 5.65. The Morgan fingerprint density at radius 2 is 2.43 bits per heavy atom. The Balaban J connectivity index is 1.95. The van der Waals surface area contributed by atoms with E-state index in [1.54, 1.807) is 0 Å². The molecule has 2 N–H and O–H groups in total. The molecule has 2 nitrogen and oxygen atoms in total. The third kappa shape index (κ3) is 2.32. The van der Waals surface area contributed by atoms with Crippen molar-refractivity contribution in [3.05, 3.63) is 29.6 Å². The summed E-state index contributed by atoms with van der Waals surface area (Å²) in [6, 6.07) is 5.18. The Labute approximate surface area is 85.7 Å². The van der Waals surface area contributed by atoms with E-state index in [1.807, 2.05) is 6.20 Å². The van der Waals surface area contributed by atoms with Crippen molar-refractivity contribution >= 4 is 0 Å². The number of nitrogens with zero attached hydrogens (tertiary/aromatic N) is 1. The number of pyridine rings is 1. The van der Waals surface area contributed by atoms with Gasteiger partial charge in [0.15, 0.2) is 0 Å². The van der Waals surface area contributed by atoms with Gasteiger partial charge < -0.3 is 5.32 Å². The molecule has 1 aliphatic rings. The molecule has 0 unspecified atom stereocenters. The zero-order valence-corrected chi connectivity index (χ0v) is 8.87. The van der Waals surface area contributed by atoms with E-state index in [-0.39, 0.29) is 0 Å². The molecule has 0 bridgehead atoms. The van der Waals surface area contributed by atoms with Crippen LogP contribution in [0.1, 0.15) is 31.0 Å². The van der Waals surface area contributed by atoms with Crippen molar-refractivity contribution in [2.75, 3.05) is 6.54 Å². The van der Waals surface area contributed by atoms with Crippen LogP contribution in [0.2, 0.25) is 0 Å². The minimum absolute atomic E-state index is 0.787. The van der Waals surface area contributed by atoms with Crippen molar-refractivity contribution in [3.8, 4) is 0 Å². The van der Waals surface area contributed by atoms with Gasteiger partial charge in [-0.2, -0.15) is 0 Å². The second-order valence-electron chi connectivity index (χ2n) is 4.14. The molecule has 0 amide bonds. The lowest BCUT2D eigenvalue weighted by atomic mass is 10.1. The summed E-state index contributed by atoms with van der Waals surface area (Å²) in [7, 11) is 0. The van der Waals surface area contributed by atoms with Gasteiger partial charge in [0, 0.05) is 31.2 Å². The average molecular weight is 191 g/mol. The molecule has 1 saturated heterocycles. The summed E-state index contributed by atoms with van der Waals surface area (Å²) in [6.07, 6.45) is 6.98. The zero-order valence-electron chi connectivity index (χ0n) is 8.87. The summed E-state index contributed by atoms with van der Waals surface area (Å²) >= 11 is 0. The van der Waals surface area contributed by atoms with Crippen LogP contribution in [0.3, 0.4) is 0 Å². The molecule has 1 atom stereocenters. The van der Waals surface area contributed by atoms with E-state index in [1.165, 1.54) is 30.6 Å². The highest BCUT2D eigenvalue weighted by Crippen LogP contribution is 2.06. The van der Waals surface area contributed by atoms with Gasteiger partial charge in [0.05, 0.1) is 12.6 Å². The molecule has 2 heteroatoms. The maximum Gasteiger partial charge on any atom is 0.0917 e. The minimum Gasteiger partial charge on any atom is -0.343 e. The summed E-state index contributed by atoms with van der Waals surface area (Å²) in [5.41, 5.74) is 2.59.